The fourth-order valence-electron chi connectivity index (χ4n) is 4.64. The molecule has 0 bridgehead atoms. The van der Waals surface area contributed by atoms with Gasteiger partial charge in [0, 0.05) is 49.2 Å². The summed E-state index contributed by atoms with van der Waals surface area (Å²) in [4.78, 5) is 4.49. The summed E-state index contributed by atoms with van der Waals surface area (Å²) in [6.07, 6.45) is 0. The third kappa shape index (κ3) is 3.59. The molecule has 1 unspecified atom stereocenters. The Balaban J connectivity index is 1.50. The number of para-hydroxylation sites is 1. The summed E-state index contributed by atoms with van der Waals surface area (Å²) in [5.74, 6) is 0.772. The number of anilines is 2. The van der Waals surface area contributed by atoms with Crippen molar-refractivity contribution < 1.29 is 14.6 Å². The Morgan fingerprint density at radius 3 is 2.42 bits per heavy atom. The summed E-state index contributed by atoms with van der Waals surface area (Å²) in [5, 5.41) is 12.2. The Hall–Kier alpha value is -2.86. The van der Waals surface area contributed by atoms with E-state index in [0.29, 0.717) is 6.61 Å². The second-order valence-electron chi connectivity index (χ2n) is 8.13. The van der Waals surface area contributed by atoms with E-state index in [9.17, 15) is 5.11 Å². The van der Waals surface area contributed by atoms with Crippen LogP contribution in [0.3, 0.4) is 0 Å². The molecule has 2 aliphatic heterocycles. The molecule has 160 valence electrons. The second kappa shape index (κ2) is 8.35. The Labute approximate surface area is 183 Å². The van der Waals surface area contributed by atoms with Gasteiger partial charge in [-0.05, 0) is 29.8 Å². The van der Waals surface area contributed by atoms with E-state index in [4.69, 9.17) is 9.47 Å². The van der Waals surface area contributed by atoms with Gasteiger partial charge in [0.1, 0.15) is 18.0 Å². The molecule has 5 rings (SSSR count). The van der Waals surface area contributed by atoms with Crippen LogP contribution in [0.2, 0.25) is 0 Å². The van der Waals surface area contributed by atoms with E-state index in [2.05, 4.69) is 15.9 Å². The Morgan fingerprint density at radius 1 is 0.903 bits per heavy atom. The first-order chi connectivity index (χ1) is 15.2. The van der Waals surface area contributed by atoms with Gasteiger partial charge in [-0.2, -0.15) is 0 Å². The molecule has 0 aliphatic carbocycles. The lowest BCUT2D eigenvalue weighted by Crippen LogP contribution is -2.38. The lowest BCUT2D eigenvalue weighted by molar-refractivity contribution is 0.0322. The molecule has 1 atom stereocenters. The van der Waals surface area contributed by atoms with Gasteiger partial charge in [0.25, 0.3) is 0 Å². The minimum Gasteiger partial charge on any atom is -0.492 e. The summed E-state index contributed by atoms with van der Waals surface area (Å²) >= 11 is 0. The number of morpholine rings is 1. The van der Waals surface area contributed by atoms with Gasteiger partial charge in [-0.25, -0.2) is 0 Å². The monoisotopic (exact) mass is 416 g/mol. The summed E-state index contributed by atoms with van der Waals surface area (Å²) < 4.78 is 11.5. The van der Waals surface area contributed by atoms with Gasteiger partial charge in [0.15, 0.2) is 0 Å². The van der Waals surface area contributed by atoms with Crippen LogP contribution in [0.25, 0.3) is 0 Å². The lowest BCUT2D eigenvalue weighted by Gasteiger charge is -2.41. The molecule has 5 heteroatoms. The highest BCUT2D eigenvalue weighted by atomic mass is 16.5. The van der Waals surface area contributed by atoms with Crippen molar-refractivity contribution in [1.29, 1.82) is 0 Å². The van der Waals surface area contributed by atoms with Crippen LogP contribution in [0, 0.1) is 0 Å². The number of fused-ring (bicyclic) bond motifs is 2. The fraction of sp³-hybridized carbons (Fsp3) is 0.308. The molecule has 0 radical (unpaired) electrons. The molecule has 2 heterocycles. The molecule has 31 heavy (non-hydrogen) atoms. The number of hydrogen-bond donors (Lipinski definition) is 1. The van der Waals surface area contributed by atoms with Crippen molar-refractivity contribution in [3.05, 3.63) is 89.5 Å². The number of nitrogens with zero attached hydrogens (tertiary/aromatic N) is 2. The van der Waals surface area contributed by atoms with Crippen LogP contribution in [0.1, 0.15) is 16.7 Å². The van der Waals surface area contributed by atoms with Crippen LogP contribution in [-0.2, 0) is 10.3 Å². The topological polar surface area (TPSA) is 45.2 Å². The van der Waals surface area contributed by atoms with E-state index < -0.39 is 5.60 Å². The smallest absolute Gasteiger partial charge is 0.144 e. The zero-order chi connectivity index (χ0) is 21.3. The molecule has 5 nitrogen and oxygen atoms in total. The van der Waals surface area contributed by atoms with Gasteiger partial charge in [-0.15, -0.1) is 0 Å². The van der Waals surface area contributed by atoms with Crippen molar-refractivity contribution in [2.75, 3.05) is 51.4 Å². The van der Waals surface area contributed by atoms with E-state index in [1.54, 1.807) is 0 Å². The highest BCUT2D eigenvalue weighted by Crippen LogP contribution is 2.51. The summed E-state index contributed by atoms with van der Waals surface area (Å²) in [7, 11) is 2.04. The minimum absolute atomic E-state index is 0.606. The van der Waals surface area contributed by atoms with Gasteiger partial charge in [-0.1, -0.05) is 48.5 Å². The molecule has 0 aromatic heterocycles. The predicted octanol–water partition coefficient (Wildman–Crippen LogP) is 3.76. The minimum atomic E-state index is -1.25. The molecular formula is C26H28N2O3. The molecule has 3 aromatic rings. The summed E-state index contributed by atoms with van der Waals surface area (Å²) in [6, 6.07) is 24.0. The number of ether oxygens (including phenoxy) is 2. The largest absolute Gasteiger partial charge is 0.492 e. The molecule has 1 N–H and O–H groups in total. The van der Waals surface area contributed by atoms with E-state index in [0.717, 1.165) is 66.7 Å². The zero-order valence-corrected chi connectivity index (χ0v) is 17.8. The number of benzene rings is 3. The fourth-order valence-corrected chi connectivity index (χ4v) is 4.64. The van der Waals surface area contributed by atoms with E-state index in [-0.39, 0.29) is 0 Å². The maximum absolute atomic E-state index is 12.2. The Bertz CT molecular complexity index is 1050. The van der Waals surface area contributed by atoms with Gasteiger partial charge in [-0.3, -0.25) is 4.90 Å². The number of hydrogen-bond acceptors (Lipinski definition) is 5. The van der Waals surface area contributed by atoms with Crippen LogP contribution in [-0.4, -0.2) is 56.5 Å². The van der Waals surface area contributed by atoms with E-state index in [1.165, 1.54) is 0 Å². The van der Waals surface area contributed by atoms with Crippen molar-refractivity contribution in [3.8, 4) is 5.75 Å². The highest BCUT2D eigenvalue weighted by Gasteiger charge is 2.42. The standard InChI is InChI=1S/C26H28N2O3/c1-27-24-10-6-5-9-22(24)26(29,20-7-3-2-4-8-20)23-19-21(11-12-25(23)27)31-18-15-28-13-16-30-17-14-28/h2-12,19,29H,13-18H2,1H3. The predicted molar refractivity (Wildman–Crippen MR) is 122 cm³/mol. The number of rotatable bonds is 5. The van der Waals surface area contributed by atoms with Crippen LogP contribution in [0.15, 0.2) is 72.8 Å². The van der Waals surface area contributed by atoms with Crippen LogP contribution >= 0.6 is 0 Å². The Morgan fingerprint density at radius 2 is 1.61 bits per heavy atom. The number of aliphatic hydroxyl groups is 1. The molecule has 1 saturated heterocycles. The quantitative estimate of drug-likeness (QED) is 0.686. The zero-order valence-electron chi connectivity index (χ0n) is 17.8. The molecule has 0 saturated carbocycles. The average Bonchev–Trinajstić information content (AvgIpc) is 2.84. The normalized spacial score (nSPS) is 20.8. The van der Waals surface area contributed by atoms with Crippen LogP contribution in [0.5, 0.6) is 5.75 Å². The van der Waals surface area contributed by atoms with E-state index in [1.807, 2.05) is 73.8 Å². The van der Waals surface area contributed by atoms with E-state index >= 15 is 0 Å². The molecule has 0 amide bonds. The maximum Gasteiger partial charge on any atom is 0.144 e. The van der Waals surface area contributed by atoms with Gasteiger partial charge < -0.3 is 19.5 Å². The third-order valence-electron chi connectivity index (χ3n) is 6.35. The van der Waals surface area contributed by atoms with Crippen molar-refractivity contribution >= 4 is 11.4 Å². The second-order valence-corrected chi connectivity index (χ2v) is 8.13. The molecule has 3 aromatic carbocycles. The summed E-state index contributed by atoms with van der Waals surface area (Å²) in [5.41, 5.74) is 3.30. The Kier molecular flexibility index (Phi) is 5.40. The van der Waals surface area contributed by atoms with Gasteiger partial charge in [0.2, 0.25) is 0 Å². The SMILES string of the molecule is CN1c2ccccc2C(O)(c2ccccc2)c2cc(OCCN3CCOCC3)ccc21. The average molecular weight is 417 g/mol. The van der Waals surface area contributed by atoms with Crippen LogP contribution < -0.4 is 9.64 Å². The first-order valence-electron chi connectivity index (χ1n) is 10.9. The molecular weight excluding hydrogens is 388 g/mol. The molecule has 2 aliphatic rings. The van der Waals surface area contributed by atoms with Crippen molar-refractivity contribution in [2.45, 2.75) is 5.60 Å². The lowest BCUT2D eigenvalue weighted by atomic mass is 9.76. The molecule has 0 spiro atoms. The van der Waals surface area contributed by atoms with Crippen molar-refractivity contribution in [2.24, 2.45) is 0 Å². The van der Waals surface area contributed by atoms with Gasteiger partial charge in [0.05, 0.1) is 13.2 Å². The maximum atomic E-state index is 12.2. The highest BCUT2D eigenvalue weighted by molar-refractivity contribution is 5.79. The first kappa shape index (κ1) is 20.1. The molecule has 1 fully saturated rings. The van der Waals surface area contributed by atoms with Gasteiger partial charge >= 0.3 is 0 Å². The third-order valence-corrected chi connectivity index (χ3v) is 6.35. The van der Waals surface area contributed by atoms with Crippen LogP contribution in [0.4, 0.5) is 11.4 Å². The first-order valence-corrected chi connectivity index (χ1v) is 10.9. The summed E-state index contributed by atoms with van der Waals surface area (Å²) in [6.45, 7) is 4.94. The van der Waals surface area contributed by atoms with Crippen molar-refractivity contribution in [3.63, 3.8) is 0 Å². The van der Waals surface area contributed by atoms with Crippen molar-refractivity contribution in [1.82, 2.24) is 4.90 Å².